The summed E-state index contributed by atoms with van der Waals surface area (Å²) in [7, 11) is 0. The molecule has 0 radical (unpaired) electrons. The zero-order chi connectivity index (χ0) is 18.7. The molecule has 3 aromatic carbocycles. The molecule has 0 spiro atoms. The van der Waals surface area contributed by atoms with Crippen molar-refractivity contribution in [3.05, 3.63) is 60.2 Å². The second-order valence-corrected chi connectivity index (χ2v) is 7.14. The molecule has 0 unspecified atom stereocenters. The maximum Gasteiger partial charge on any atom is 0.0217 e. The second-order valence-electron chi connectivity index (χ2n) is 7.14. The van der Waals surface area contributed by atoms with Crippen LogP contribution in [0.15, 0.2) is 54.6 Å². The van der Waals surface area contributed by atoms with E-state index in [1.165, 1.54) is 39.9 Å². The van der Waals surface area contributed by atoms with Crippen molar-refractivity contribution in [3.63, 3.8) is 0 Å². The Balaban J connectivity index is 1.46. The minimum Gasteiger partial charge on any atom is -0.317 e. The molecule has 144 valence electrons. The van der Waals surface area contributed by atoms with Crippen molar-refractivity contribution in [2.24, 2.45) is 0 Å². The van der Waals surface area contributed by atoms with Crippen molar-refractivity contribution >= 4 is 21.5 Å². The maximum absolute atomic E-state index is 3.65. The summed E-state index contributed by atoms with van der Waals surface area (Å²) >= 11 is 0. The zero-order valence-corrected chi connectivity index (χ0v) is 16.6. The van der Waals surface area contributed by atoms with E-state index in [0.29, 0.717) is 0 Å². The first-order chi connectivity index (χ1) is 13.4. The van der Waals surface area contributed by atoms with Gasteiger partial charge < -0.3 is 16.0 Å². The standard InChI is InChI=1S/C24H33N3/c1-2-25-14-7-8-15-26-16-9-17-27-19-24-22-12-5-3-10-20(22)18-21-11-4-6-13-23(21)24/h3-6,10-13,18,25-27H,2,7-9,14-17,19H2,1H3. The Hall–Kier alpha value is -1.94. The van der Waals surface area contributed by atoms with Gasteiger partial charge in [-0.15, -0.1) is 0 Å². The van der Waals surface area contributed by atoms with Crippen LogP contribution in [0.1, 0.15) is 31.7 Å². The molecule has 0 aromatic heterocycles. The van der Waals surface area contributed by atoms with E-state index in [-0.39, 0.29) is 0 Å². The average molecular weight is 364 g/mol. The van der Waals surface area contributed by atoms with E-state index in [4.69, 9.17) is 0 Å². The van der Waals surface area contributed by atoms with E-state index < -0.39 is 0 Å². The molecule has 0 saturated heterocycles. The van der Waals surface area contributed by atoms with Gasteiger partial charge in [-0.05, 0) is 85.2 Å². The van der Waals surface area contributed by atoms with Gasteiger partial charge in [-0.3, -0.25) is 0 Å². The van der Waals surface area contributed by atoms with Crippen LogP contribution in [-0.2, 0) is 6.54 Å². The predicted molar refractivity (Wildman–Crippen MR) is 118 cm³/mol. The Morgan fingerprint density at radius 2 is 1.19 bits per heavy atom. The summed E-state index contributed by atoms with van der Waals surface area (Å²) in [5.74, 6) is 0. The van der Waals surface area contributed by atoms with Gasteiger partial charge in [0.25, 0.3) is 0 Å². The summed E-state index contributed by atoms with van der Waals surface area (Å²) in [4.78, 5) is 0. The highest BCUT2D eigenvalue weighted by Gasteiger charge is 2.06. The SMILES string of the molecule is CCNCCCCNCCCNCc1c2ccccc2cc2ccccc12. The Kier molecular flexibility index (Phi) is 8.09. The number of benzene rings is 3. The molecular formula is C24H33N3. The van der Waals surface area contributed by atoms with Crippen LogP contribution >= 0.6 is 0 Å². The van der Waals surface area contributed by atoms with Gasteiger partial charge in [0.1, 0.15) is 0 Å². The largest absolute Gasteiger partial charge is 0.317 e. The summed E-state index contributed by atoms with van der Waals surface area (Å²) in [6.45, 7) is 8.55. The van der Waals surface area contributed by atoms with Gasteiger partial charge >= 0.3 is 0 Å². The average Bonchev–Trinajstić information content (AvgIpc) is 2.71. The monoisotopic (exact) mass is 363 g/mol. The van der Waals surface area contributed by atoms with Crippen LogP contribution in [0.4, 0.5) is 0 Å². The van der Waals surface area contributed by atoms with Crippen molar-refractivity contribution in [1.82, 2.24) is 16.0 Å². The maximum atomic E-state index is 3.65. The van der Waals surface area contributed by atoms with E-state index in [2.05, 4.69) is 77.5 Å². The Bertz CT molecular complexity index is 774. The lowest BCUT2D eigenvalue weighted by atomic mass is 9.97. The fourth-order valence-electron chi connectivity index (χ4n) is 3.65. The molecule has 3 nitrogen and oxygen atoms in total. The van der Waals surface area contributed by atoms with Crippen LogP contribution < -0.4 is 16.0 Å². The Morgan fingerprint density at radius 3 is 1.85 bits per heavy atom. The van der Waals surface area contributed by atoms with Crippen LogP contribution in [0.2, 0.25) is 0 Å². The molecule has 0 fully saturated rings. The first-order valence-corrected chi connectivity index (χ1v) is 10.4. The van der Waals surface area contributed by atoms with Gasteiger partial charge in [-0.1, -0.05) is 55.5 Å². The van der Waals surface area contributed by atoms with E-state index in [1.807, 2.05) is 0 Å². The van der Waals surface area contributed by atoms with Gasteiger partial charge in [-0.25, -0.2) is 0 Å². The van der Waals surface area contributed by atoms with E-state index in [9.17, 15) is 0 Å². The van der Waals surface area contributed by atoms with Gasteiger partial charge in [0, 0.05) is 6.54 Å². The highest BCUT2D eigenvalue weighted by Crippen LogP contribution is 2.28. The molecule has 3 heteroatoms. The third-order valence-electron chi connectivity index (χ3n) is 5.10. The number of hydrogen-bond donors (Lipinski definition) is 3. The highest BCUT2D eigenvalue weighted by molar-refractivity contribution is 6.02. The van der Waals surface area contributed by atoms with Gasteiger partial charge in [-0.2, -0.15) is 0 Å². The lowest BCUT2D eigenvalue weighted by Gasteiger charge is -2.13. The summed E-state index contributed by atoms with van der Waals surface area (Å²) in [5.41, 5.74) is 1.42. The number of nitrogens with one attached hydrogen (secondary N) is 3. The smallest absolute Gasteiger partial charge is 0.0217 e. The minimum absolute atomic E-state index is 0.921. The Morgan fingerprint density at radius 1 is 0.630 bits per heavy atom. The quantitative estimate of drug-likeness (QED) is 0.329. The van der Waals surface area contributed by atoms with E-state index in [0.717, 1.165) is 45.7 Å². The van der Waals surface area contributed by atoms with Gasteiger partial charge in [0.2, 0.25) is 0 Å². The predicted octanol–water partition coefficient (Wildman–Crippen LogP) is 4.45. The van der Waals surface area contributed by atoms with Crippen molar-refractivity contribution in [3.8, 4) is 0 Å². The lowest BCUT2D eigenvalue weighted by Crippen LogP contribution is -2.23. The molecule has 0 aliphatic rings. The topological polar surface area (TPSA) is 36.1 Å². The van der Waals surface area contributed by atoms with Crippen LogP contribution in [0.3, 0.4) is 0 Å². The lowest BCUT2D eigenvalue weighted by molar-refractivity contribution is 0.563. The summed E-state index contributed by atoms with van der Waals surface area (Å²) < 4.78 is 0. The van der Waals surface area contributed by atoms with Crippen LogP contribution in [-0.4, -0.2) is 32.7 Å². The summed E-state index contributed by atoms with van der Waals surface area (Å²) in [5, 5.41) is 16.0. The fourth-order valence-corrected chi connectivity index (χ4v) is 3.65. The molecule has 0 heterocycles. The van der Waals surface area contributed by atoms with Crippen LogP contribution in [0.25, 0.3) is 21.5 Å². The minimum atomic E-state index is 0.921. The number of hydrogen-bond acceptors (Lipinski definition) is 3. The van der Waals surface area contributed by atoms with Crippen LogP contribution in [0, 0.1) is 0 Å². The van der Waals surface area contributed by atoms with Crippen molar-refractivity contribution in [2.45, 2.75) is 32.7 Å². The van der Waals surface area contributed by atoms with Crippen molar-refractivity contribution in [2.75, 3.05) is 32.7 Å². The summed E-state index contributed by atoms with van der Waals surface area (Å²) in [6, 6.07) is 19.7. The molecule has 3 rings (SSSR count). The van der Waals surface area contributed by atoms with E-state index in [1.54, 1.807) is 0 Å². The highest BCUT2D eigenvalue weighted by atomic mass is 14.9. The molecule has 0 aliphatic heterocycles. The number of unbranched alkanes of at least 4 members (excludes halogenated alkanes) is 1. The third kappa shape index (κ3) is 5.77. The van der Waals surface area contributed by atoms with Crippen molar-refractivity contribution in [1.29, 1.82) is 0 Å². The third-order valence-corrected chi connectivity index (χ3v) is 5.10. The first kappa shape index (κ1) is 19.8. The fraction of sp³-hybridized carbons (Fsp3) is 0.417. The van der Waals surface area contributed by atoms with Gasteiger partial charge in [0.15, 0.2) is 0 Å². The van der Waals surface area contributed by atoms with Crippen molar-refractivity contribution < 1.29 is 0 Å². The Labute approximate surface area is 163 Å². The molecule has 0 saturated carbocycles. The zero-order valence-electron chi connectivity index (χ0n) is 16.6. The molecule has 27 heavy (non-hydrogen) atoms. The number of rotatable bonds is 12. The molecular weight excluding hydrogens is 330 g/mol. The first-order valence-electron chi connectivity index (χ1n) is 10.4. The molecule has 3 aromatic rings. The van der Waals surface area contributed by atoms with E-state index >= 15 is 0 Å². The number of fused-ring (bicyclic) bond motifs is 2. The molecule has 0 bridgehead atoms. The molecule has 0 atom stereocenters. The second kappa shape index (κ2) is 11.0. The normalized spacial score (nSPS) is 11.4. The van der Waals surface area contributed by atoms with Gasteiger partial charge in [0.05, 0.1) is 0 Å². The molecule has 0 aliphatic carbocycles. The summed E-state index contributed by atoms with van der Waals surface area (Å²) in [6.07, 6.45) is 3.67. The van der Waals surface area contributed by atoms with Crippen LogP contribution in [0.5, 0.6) is 0 Å². The molecule has 3 N–H and O–H groups in total. The molecule has 0 amide bonds.